The average Bonchev–Trinajstić information content (AvgIpc) is 2.79. The molecule has 2 N–H and O–H groups in total. The number of carbonyl (C=O) groups excluding carboxylic acids is 1. The molecule has 0 saturated carbocycles. The number of hydrogen-bond acceptors (Lipinski definition) is 6. The van der Waals surface area contributed by atoms with Crippen molar-refractivity contribution in [3.05, 3.63) is 92.7 Å². The predicted octanol–water partition coefficient (Wildman–Crippen LogP) is 5.33. The highest BCUT2D eigenvalue weighted by atomic mass is 79.9. The summed E-state index contributed by atoms with van der Waals surface area (Å²) in [6.45, 7) is 0. The second-order valence-corrected chi connectivity index (χ2v) is 8.20. The summed E-state index contributed by atoms with van der Waals surface area (Å²) in [4.78, 5) is 25.4. The van der Waals surface area contributed by atoms with Crippen molar-refractivity contribution in [2.24, 2.45) is 0 Å². The van der Waals surface area contributed by atoms with E-state index in [9.17, 15) is 19.8 Å². The summed E-state index contributed by atoms with van der Waals surface area (Å²) in [7, 11) is 1.30. The molecule has 0 aliphatic carbocycles. The van der Waals surface area contributed by atoms with E-state index in [4.69, 9.17) is 9.15 Å². The summed E-state index contributed by atoms with van der Waals surface area (Å²) in [5.41, 5.74) is 1.92. The Hall–Kier alpha value is -3.58. The number of carbonyl (C=O) groups is 1. The number of esters is 1. The number of halogens is 1. The maximum absolute atomic E-state index is 13.3. The minimum atomic E-state index is -0.595. The molecule has 0 amide bonds. The molecule has 0 bridgehead atoms. The van der Waals surface area contributed by atoms with Gasteiger partial charge in [-0.1, -0.05) is 40.2 Å². The van der Waals surface area contributed by atoms with Crippen LogP contribution < -0.4 is 5.43 Å². The highest BCUT2D eigenvalue weighted by Crippen LogP contribution is 2.39. The smallest absolute Gasteiger partial charge is 0.306 e. The maximum atomic E-state index is 13.3. The molecule has 0 spiro atoms. The number of methoxy groups -OCH3 is 1. The number of benzene rings is 3. The molecule has 4 aromatic rings. The third-order valence-corrected chi connectivity index (χ3v) is 5.88. The van der Waals surface area contributed by atoms with Crippen molar-refractivity contribution in [2.75, 3.05) is 7.11 Å². The van der Waals surface area contributed by atoms with Crippen LogP contribution in [0, 0.1) is 0 Å². The van der Waals surface area contributed by atoms with Crippen LogP contribution in [-0.4, -0.2) is 23.3 Å². The molecular formula is C25H19BrO6. The van der Waals surface area contributed by atoms with Gasteiger partial charge in [-0.05, 0) is 47.5 Å². The highest BCUT2D eigenvalue weighted by molar-refractivity contribution is 9.10. The summed E-state index contributed by atoms with van der Waals surface area (Å²) < 4.78 is 11.6. The van der Waals surface area contributed by atoms with Crippen molar-refractivity contribution in [1.29, 1.82) is 0 Å². The first-order chi connectivity index (χ1) is 15.4. The van der Waals surface area contributed by atoms with Crippen LogP contribution in [0.5, 0.6) is 11.5 Å². The predicted molar refractivity (Wildman–Crippen MR) is 124 cm³/mol. The number of hydrogen-bond donors (Lipinski definition) is 2. The third kappa shape index (κ3) is 4.11. The van der Waals surface area contributed by atoms with E-state index < -0.39 is 11.9 Å². The lowest BCUT2D eigenvalue weighted by Gasteiger charge is -2.19. The van der Waals surface area contributed by atoms with Gasteiger partial charge < -0.3 is 19.4 Å². The van der Waals surface area contributed by atoms with Gasteiger partial charge in [-0.15, -0.1) is 0 Å². The quantitative estimate of drug-likeness (QED) is 0.364. The van der Waals surface area contributed by atoms with Gasteiger partial charge in [0.2, 0.25) is 5.43 Å². The monoisotopic (exact) mass is 494 g/mol. The van der Waals surface area contributed by atoms with Gasteiger partial charge in [-0.2, -0.15) is 0 Å². The topological polar surface area (TPSA) is 97.0 Å². The molecule has 0 radical (unpaired) electrons. The molecule has 0 aliphatic rings. The summed E-state index contributed by atoms with van der Waals surface area (Å²) >= 11 is 3.40. The number of phenols is 2. The van der Waals surface area contributed by atoms with Gasteiger partial charge in [0.05, 0.1) is 24.5 Å². The van der Waals surface area contributed by atoms with Crippen LogP contribution in [0.2, 0.25) is 0 Å². The SMILES string of the molecule is COC(=O)C[C@H](c1ccc(Br)cc1)c1c(O)ccc2c(=O)c(-c3ccc(O)cc3)coc12. The molecule has 6 nitrogen and oxygen atoms in total. The minimum Gasteiger partial charge on any atom is -0.508 e. The van der Waals surface area contributed by atoms with Gasteiger partial charge in [0.1, 0.15) is 23.3 Å². The van der Waals surface area contributed by atoms with E-state index in [0.29, 0.717) is 16.7 Å². The van der Waals surface area contributed by atoms with Gasteiger partial charge >= 0.3 is 5.97 Å². The van der Waals surface area contributed by atoms with Crippen LogP contribution in [0.25, 0.3) is 22.1 Å². The molecule has 0 saturated heterocycles. The Morgan fingerprint density at radius 1 is 1.03 bits per heavy atom. The fourth-order valence-corrected chi connectivity index (χ4v) is 3.98. The molecule has 0 fully saturated rings. The molecule has 1 atom stereocenters. The van der Waals surface area contributed by atoms with Crippen molar-refractivity contribution in [3.8, 4) is 22.6 Å². The highest BCUT2D eigenvalue weighted by Gasteiger charge is 2.26. The third-order valence-electron chi connectivity index (χ3n) is 5.35. The number of rotatable bonds is 5. The average molecular weight is 495 g/mol. The van der Waals surface area contributed by atoms with Crippen molar-refractivity contribution < 1.29 is 24.2 Å². The fraction of sp³-hybridized carbons (Fsp3) is 0.120. The number of ether oxygens (including phenoxy) is 1. The Labute approximate surface area is 191 Å². The molecule has 4 rings (SSSR count). The Balaban J connectivity index is 1.93. The first-order valence-electron chi connectivity index (χ1n) is 9.78. The Morgan fingerprint density at radius 2 is 1.72 bits per heavy atom. The van der Waals surface area contributed by atoms with Crippen molar-refractivity contribution in [1.82, 2.24) is 0 Å². The summed E-state index contributed by atoms with van der Waals surface area (Å²) in [5.74, 6) is -1.06. The molecular weight excluding hydrogens is 476 g/mol. The van der Waals surface area contributed by atoms with E-state index in [1.54, 1.807) is 12.1 Å². The number of phenolic OH excluding ortho intramolecular Hbond substituents is 2. The van der Waals surface area contributed by atoms with E-state index in [-0.39, 0.29) is 34.3 Å². The second kappa shape index (κ2) is 8.88. The summed E-state index contributed by atoms with van der Waals surface area (Å²) in [6, 6.07) is 16.5. The van der Waals surface area contributed by atoms with Gasteiger partial charge in [-0.3, -0.25) is 9.59 Å². The molecule has 32 heavy (non-hydrogen) atoms. The number of fused-ring (bicyclic) bond motifs is 1. The van der Waals surface area contributed by atoms with Crippen LogP contribution in [0.3, 0.4) is 0 Å². The van der Waals surface area contributed by atoms with Gasteiger partial charge in [0.25, 0.3) is 0 Å². The second-order valence-electron chi connectivity index (χ2n) is 7.28. The number of aromatic hydroxyl groups is 2. The van der Waals surface area contributed by atoms with Gasteiger partial charge in [0.15, 0.2) is 0 Å². The van der Waals surface area contributed by atoms with E-state index in [2.05, 4.69) is 15.9 Å². The Kier molecular flexibility index (Phi) is 6.01. The normalized spacial score (nSPS) is 11.9. The largest absolute Gasteiger partial charge is 0.508 e. The lowest BCUT2D eigenvalue weighted by atomic mass is 9.86. The standard InChI is InChI=1S/C25H19BrO6/c1-31-22(29)12-19(14-2-6-16(26)7-3-14)23-21(28)11-10-18-24(30)20(13-32-25(18)23)15-4-8-17(27)9-5-15/h2-11,13,19,27-28H,12H2,1H3/t19-/m1/s1. The zero-order valence-electron chi connectivity index (χ0n) is 17.0. The summed E-state index contributed by atoms with van der Waals surface area (Å²) in [5, 5.41) is 20.5. The molecule has 0 aliphatic heterocycles. The van der Waals surface area contributed by atoms with E-state index in [1.807, 2.05) is 24.3 Å². The first kappa shape index (κ1) is 21.6. The lowest BCUT2D eigenvalue weighted by molar-refractivity contribution is -0.140. The van der Waals surface area contributed by atoms with Crippen LogP contribution in [0.4, 0.5) is 0 Å². The van der Waals surface area contributed by atoms with E-state index in [0.717, 1.165) is 10.0 Å². The van der Waals surface area contributed by atoms with Crippen molar-refractivity contribution in [2.45, 2.75) is 12.3 Å². The van der Waals surface area contributed by atoms with E-state index >= 15 is 0 Å². The zero-order chi connectivity index (χ0) is 22.8. The van der Waals surface area contributed by atoms with Gasteiger partial charge in [0, 0.05) is 16.0 Å². The Morgan fingerprint density at radius 3 is 2.38 bits per heavy atom. The van der Waals surface area contributed by atoms with Crippen LogP contribution in [0.15, 0.2) is 80.6 Å². The van der Waals surface area contributed by atoms with Crippen LogP contribution in [-0.2, 0) is 9.53 Å². The zero-order valence-corrected chi connectivity index (χ0v) is 18.6. The molecule has 1 heterocycles. The first-order valence-corrected chi connectivity index (χ1v) is 10.6. The lowest BCUT2D eigenvalue weighted by Crippen LogP contribution is -2.12. The van der Waals surface area contributed by atoms with E-state index in [1.165, 1.54) is 37.6 Å². The minimum absolute atomic E-state index is 0.0474. The molecule has 162 valence electrons. The summed E-state index contributed by atoms with van der Waals surface area (Å²) in [6.07, 6.45) is 1.28. The maximum Gasteiger partial charge on any atom is 0.306 e. The molecule has 3 aromatic carbocycles. The van der Waals surface area contributed by atoms with Crippen LogP contribution >= 0.6 is 15.9 Å². The fourth-order valence-electron chi connectivity index (χ4n) is 3.72. The Bertz CT molecular complexity index is 1340. The molecule has 7 heteroatoms. The van der Waals surface area contributed by atoms with Gasteiger partial charge in [-0.25, -0.2) is 0 Å². The van der Waals surface area contributed by atoms with Crippen molar-refractivity contribution in [3.63, 3.8) is 0 Å². The van der Waals surface area contributed by atoms with Crippen molar-refractivity contribution >= 4 is 32.9 Å². The molecule has 1 aromatic heterocycles. The van der Waals surface area contributed by atoms with Crippen LogP contribution in [0.1, 0.15) is 23.5 Å². The molecule has 0 unspecified atom stereocenters.